The van der Waals surface area contributed by atoms with E-state index in [9.17, 15) is 8.78 Å². The van der Waals surface area contributed by atoms with E-state index in [1.165, 1.54) is 5.56 Å². The average molecular weight is 396 g/mol. The van der Waals surface area contributed by atoms with Crippen LogP contribution in [0.5, 0.6) is 0 Å². The van der Waals surface area contributed by atoms with Crippen LogP contribution in [-0.4, -0.2) is 36.4 Å². The molecule has 0 radical (unpaired) electrons. The van der Waals surface area contributed by atoms with Crippen molar-refractivity contribution in [2.75, 3.05) is 30.9 Å². The number of benzene rings is 2. The van der Waals surface area contributed by atoms with Crippen LogP contribution in [-0.2, 0) is 6.54 Å². The first-order valence-electron chi connectivity index (χ1n) is 8.26. The summed E-state index contributed by atoms with van der Waals surface area (Å²) < 4.78 is 24.8. The molecule has 0 saturated carbocycles. The quantitative estimate of drug-likeness (QED) is 0.506. The van der Waals surface area contributed by atoms with Crippen LogP contribution in [0.15, 0.2) is 53.4 Å². The fraction of sp³-hybridized carbons (Fsp3) is 0.316. The highest BCUT2D eigenvalue weighted by Gasteiger charge is 2.10. The maximum absolute atomic E-state index is 12.4. The number of hydrogen-bond acceptors (Lipinski definition) is 3. The zero-order valence-corrected chi connectivity index (χ0v) is 16.7. The normalized spacial score (nSPS) is 10.7. The Hall–Kier alpha value is -1.86. The Morgan fingerprint density at radius 1 is 1.08 bits per heavy atom. The van der Waals surface area contributed by atoms with Gasteiger partial charge in [0.25, 0.3) is 5.76 Å². The van der Waals surface area contributed by atoms with Crippen LogP contribution in [0.1, 0.15) is 12.5 Å². The molecule has 3 nitrogen and oxygen atoms in total. The molecule has 7 heteroatoms. The highest BCUT2D eigenvalue weighted by atomic mass is 32.2. The van der Waals surface area contributed by atoms with Crippen molar-refractivity contribution in [3.05, 3.63) is 54.1 Å². The predicted octanol–water partition coefficient (Wildman–Crippen LogP) is 5.29. The fourth-order valence-electron chi connectivity index (χ4n) is 2.37. The smallest absolute Gasteiger partial charge is 0.288 e. The first-order chi connectivity index (χ1) is 12.4. The lowest BCUT2D eigenvalue weighted by atomic mass is 10.2. The third-order valence-electron chi connectivity index (χ3n) is 3.83. The Labute approximate surface area is 163 Å². The van der Waals surface area contributed by atoms with Crippen molar-refractivity contribution >= 4 is 40.5 Å². The van der Waals surface area contributed by atoms with Gasteiger partial charge >= 0.3 is 0 Å². The third kappa shape index (κ3) is 6.14. The monoisotopic (exact) mass is 395 g/mol. The summed E-state index contributed by atoms with van der Waals surface area (Å²) >= 11 is 6.04. The van der Waals surface area contributed by atoms with Gasteiger partial charge in [-0.15, -0.1) is 0 Å². The number of hydrogen-bond donors (Lipinski definition) is 1. The molecule has 0 aromatic heterocycles. The zero-order chi connectivity index (χ0) is 19.1. The molecule has 2 aromatic carbocycles. The van der Waals surface area contributed by atoms with Crippen molar-refractivity contribution < 1.29 is 8.78 Å². The van der Waals surface area contributed by atoms with E-state index in [-0.39, 0.29) is 0 Å². The number of thiocarbonyl (C=S) groups is 1. The molecule has 2 rings (SSSR count). The van der Waals surface area contributed by atoms with E-state index in [0.29, 0.717) is 28.3 Å². The summed E-state index contributed by atoms with van der Waals surface area (Å²) in [4.78, 5) is 4.65. The molecule has 0 aliphatic carbocycles. The van der Waals surface area contributed by atoms with E-state index in [1.54, 1.807) is 24.3 Å². The van der Waals surface area contributed by atoms with E-state index in [0.717, 1.165) is 17.9 Å². The van der Waals surface area contributed by atoms with Crippen molar-refractivity contribution in [3.8, 4) is 0 Å². The Balaban J connectivity index is 1.97. The van der Waals surface area contributed by atoms with E-state index in [1.807, 2.05) is 21.0 Å². The minimum Gasteiger partial charge on any atom is -0.378 e. The minimum atomic E-state index is -2.41. The Kier molecular flexibility index (Phi) is 7.66. The van der Waals surface area contributed by atoms with Crippen molar-refractivity contribution in [2.24, 2.45) is 0 Å². The standard InChI is InChI=1S/C19H23F2N3S2/c1-4-24(13-14-5-9-16(10-6-14)23(2)3)19(25)22-15-7-11-17(12-8-15)26-18(20)21/h5-12,18H,4,13H2,1-3H3,(H,22,25). The summed E-state index contributed by atoms with van der Waals surface area (Å²) in [5, 5.41) is 3.79. The third-order valence-corrected chi connectivity index (χ3v) is 4.91. The second-order valence-electron chi connectivity index (χ2n) is 5.91. The number of halogens is 2. The molecule has 0 aliphatic rings. The number of rotatable bonds is 7. The maximum Gasteiger partial charge on any atom is 0.288 e. The molecule has 1 N–H and O–H groups in total. The molecule has 0 atom stereocenters. The molecule has 0 heterocycles. The number of alkyl halides is 2. The van der Waals surface area contributed by atoms with Crippen LogP contribution in [0.3, 0.4) is 0 Å². The topological polar surface area (TPSA) is 18.5 Å². The summed E-state index contributed by atoms with van der Waals surface area (Å²) in [5.74, 6) is -2.41. The van der Waals surface area contributed by atoms with Gasteiger partial charge < -0.3 is 15.1 Å². The van der Waals surface area contributed by atoms with Gasteiger partial charge in [-0.05, 0) is 61.1 Å². The SMILES string of the molecule is CCN(Cc1ccc(N(C)C)cc1)C(=S)Nc1ccc(SC(F)F)cc1. The van der Waals surface area contributed by atoms with Gasteiger partial charge in [0.05, 0.1) is 0 Å². The fourth-order valence-corrected chi connectivity index (χ4v) is 3.18. The highest BCUT2D eigenvalue weighted by Crippen LogP contribution is 2.26. The second kappa shape index (κ2) is 9.73. The molecule has 0 spiro atoms. The van der Waals surface area contributed by atoms with E-state index >= 15 is 0 Å². The second-order valence-corrected chi connectivity index (χ2v) is 7.36. The van der Waals surface area contributed by atoms with Gasteiger partial charge in [-0.2, -0.15) is 8.78 Å². The van der Waals surface area contributed by atoms with Crippen LogP contribution in [0.25, 0.3) is 0 Å². The van der Waals surface area contributed by atoms with Crippen LogP contribution in [0.2, 0.25) is 0 Å². The number of nitrogens with one attached hydrogen (secondary N) is 1. The molecule has 140 valence electrons. The molecular weight excluding hydrogens is 372 g/mol. The Morgan fingerprint density at radius 2 is 1.69 bits per heavy atom. The Bertz CT molecular complexity index is 704. The number of thioether (sulfide) groups is 1. The van der Waals surface area contributed by atoms with Crippen LogP contribution < -0.4 is 10.2 Å². The summed E-state index contributed by atoms with van der Waals surface area (Å²) in [7, 11) is 4.02. The maximum atomic E-state index is 12.4. The zero-order valence-electron chi connectivity index (χ0n) is 15.1. The summed E-state index contributed by atoms with van der Waals surface area (Å²) in [6.45, 7) is 3.51. The molecular formula is C19H23F2N3S2. The number of nitrogens with zero attached hydrogens (tertiary/aromatic N) is 2. The minimum absolute atomic E-state index is 0.532. The molecule has 0 fully saturated rings. The molecule has 0 amide bonds. The van der Waals surface area contributed by atoms with Crippen LogP contribution in [0, 0.1) is 0 Å². The van der Waals surface area contributed by atoms with E-state index in [2.05, 4.69) is 39.4 Å². The highest BCUT2D eigenvalue weighted by molar-refractivity contribution is 7.99. The van der Waals surface area contributed by atoms with Gasteiger partial charge in [0.2, 0.25) is 0 Å². The van der Waals surface area contributed by atoms with Crippen LogP contribution in [0.4, 0.5) is 20.2 Å². The molecule has 0 aliphatic heterocycles. The van der Waals surface area contributed by atoms with Crippen molar-refractivity contribution in [2.45, 2.75) is 24.1 Å². The summed E-state index contributed by atoms with van der Waals surface area (Å²) in [6.07, 6.45) is 0. The first-order valence-corrected chi connectivity index (χ1v) is 9.55. The molecule has 0 bridgehead atoms. The van der Waals surface area contributed by atoms with Gasteiger partial charge in [0.15, 0.2) is 5.11 Å². The van der Waals surface area contributed by atoms with Crippen molar-refractivity contribution in [1.82, 2.24) is 4.90 Å². The summed E-state index contributed by atoms with van der Waals surface area (Å²) in [6, 6.07) is 15.2. The van der Waals surface area contributed by atoms with Gasteiger partial charge in [-0.25, -0.2) is 0 Å². The van der Waals surface area contributed by atoms with E-state index < -0.39 is 5.76 Å². The lowest BCUT2D eigenvalue weighted by molar-refractivity contribution is 0.252. The van der Waals surface area contributed by atoms with Crippen LogP contribution >= 0.6 is 24.0 Å². The predicted molar refractivity (Wildman–Crippen MR) is 111 cm³/mol. The summed E-state index contributed by atoms with van der Waals surface area (Å²) in [5.41, 5.74) is 3.11. The molecule has 0 saturated heterocycles. The van der Waals surface area contributed by atoms with Crippen molar-refractivity contribution in [3.63, 3.8) is 0 Å². The van der Waals surface area contributed by atoms with Gasteiger partial charge in [0.1, 0.15) is 0 Å². The van der Waals surface area contributed by atoms with Gasteiger partial charge in [-0.3, -0.25) is 0 Å². The first kappa shape index (κ1) is 20.5. The lowest BCUT2D eigenvalue weighted by Crippen LogP contribution is -2.34. The molecule has 0 unspecified atom stereocenters. The van der Waals surface area contributed by atoms with Crippen molar-refractivity contribution in [1.29, 1.82) is 0 Å². The molecule has 2 aromatic rings. The Morgan fingerprint density at radius 3 is 2.19 bits per heavy atom. The van der Waals surface area contributed by atoms with Gasteiger partial charge in [-0.1, -0.05) is 23.9 Å². The van der Waals surface area contributed by atoms with Gasteiger partial charge in [0, 0.05) is 43.5 Å². The van der Waals surface area contributed by atoms with E-state index in [4.69, 9.17) is 12.2 Å². The average Bonchev–Trinajstić information content (AvgIpc) is 2.61. The molecule has 26 heavy (non-hydrogen) atoms. The largest absolute Gasteiger partial charge is 0.378 e. The number of anilines is 2. The lowest BCUT2D eigenvalue weighted by Gasteiger charge is -2.25.